The summed E-state index contributed by atoms with van der Waals surface area (Å²) in [5.74, 6) is -0.110. The lowest BCUT2D eigenvalue weighted by Crippen LogP contribution is -2.05. The Morgan fingerprint density at radius 2 is 2.27 bits per heavy atom. The van der Waals surface area contributed by atoms with E-state index < -0.39 is 0 Å². The molecule has 5 heteroatoms. The highest BCUT2D eigenvalue weighted by Crippen LogP contribution is 2.20. The summed E-state index contributed by atoms with van der Waals surface area (Å²) in [4.78, 5) is 15.9. The molecule has 0 aliphatic carbocycles. The molecule has 0 aliphatic rings. The molecule has 1 aromatic heterocycles. The summed E-state index contributed by atoms with van der Waals surface area (Å²) < 4.78 is 0.988. The Kier molecular flexibility index (Phi) is 3.01. The Bertz CT molecular complexity index is 496. The molecule has 1 aromatic carbocycles. The van der Waals surface area contributed by atoms with E-state index in [1.54, 1.807) is 23.7 Å². The zero-order valence-corrected chi connectivity index (χ0v) is 10.6. The second kappa shape index (κ2) is 4.28. The molecule has 0 atom stereocenters. The van der Waals surface area contributed by atoms with E-state index in [0.717, 1.165) is 3.57 Å². The van der Waals surface area contributed by atoms with Crippen molar-refractivity contribution < 1.29 is 4.79 Å². The number of thiazole rings is 1. The number of nitrogen functional groups attached to an aromatic ring is 1. The molecule has 0 unspecified atom stereocenters. The third-order valence-corrected chi connectivity index (χ3v) is 3.33. The summed E-state index contributed by atoms with van der Waals surface area (Å²) in [6.45, 7) is 0. The van der Waals surface area contributed by atoms with Gasteiger partial charge in [-0.05, 0) is 40.8 Å². The fourth-order valence-electron chi connectivity index (χ4n) is 1.18. The molecule has 2 aromatic rings. The van der Waals surface area contributed by atoms with Crippen LogP contribution in [0.25, 0.3) is 0 Å². The third kappa shape index (κ3) is 2.18. The van der Waals surface area contributed by atoms with E-state index in [0.29, 0.717) is 16.3 Å². The van der Waals surface area contributed by atoms with Gasteiger partial charge in [-0.25, -0.2) is 4.98 Å². The van der Waals surface area contributed by atoms with E-state index >= 15 is 0 Å². The monoisotopic (exact) mass is 330 g/mol. The van der Waals surface area contributed by atoms with Crippen molar-refractivity contribution in [1.82, 2.24) is 4.98 Å². The molecule has 3 nitrogen and oxygen atoms in total. The average Bonchev–Trinajstić information content (AvgIpc) is 2.74. The summed E-state index contributed by atoms with van der Waals surface area (Å²) in [6, 6.07) is 5.39. The maximum atomic E-state index is 11.9. The van der Waals surface area contributed by atoms with Gasteiger partial charge in [-0.1, -0.05) is 0 Å². The molecule has 0 aliphatic heterocycles. The van der Waals surface area contributed by atoms with Crippen LogP contribution in [-0.2, 0) is 0 Å². The zero-order chi connectivity index (χ0) is 10.8. The maximum absolute atomic E-state index is 11.9. The van der Waals surface area contributed by atoms with Gasteiger partial charge in [0, 0.05) is 26.4 Å². The number of aromatic nitrogens is 1. The number of rotatable bonds is 2. The molecule has 0 saturated heterocycles. The van der Waals surface area contributed by atoms with Crippen molar-refractivity contribution in [3.05, 3.63) is 43.9 Å². The standard InChI is InChI=1S/C10H7IN2OS/c11-6-1-2-8(12)7(5-6)9(14)10-13-3-4-15-10/h1-5H,12H2. The van der Waals surface area contributed by atoms with Crippen LogP contribution < -0.4 is 5.73 Å². The van der Waals surface area contributed by atoms with E-state index in [1.807, 2.05) is 6.07 Å². The van der Waals surface area contributed by atoms with Crippen molar-refractivity contribution in [3.8, 4) is 0 Å². The molecule has 0 bridgehead atoms. The number of carbonyl (C=O) groups excluding carboxylic acids is 1. The van der Waals surface area contributed by atoms with Crippen LogP contribution in [-0.4, -0.2) is 10.8 Å². The van der Waals surface area contributed by atoms with Crippen LogP contribution in [0.1, 0.15) is 15.4 Å². The fourth-order valence-corrected chi connectivity index (χ4v) is 2.26. The smallest absolute Gasteiger partial charge is 0.223 e. The number of carbonyl (C=O) groups is 1. The number of anilines is 1. The minimum Gasteiger partial charge on any atom is -0.398 e. The molecule has 0 radical (unpaired) electrons. The Hall–Kier alpha value is -0.950. The number of ketones is 1. The van der Waals surface area contributed by atoms with E-state index in [4.69, 9.17) is 5.73 Å². The number of halogens is 1. The van der Waals surface area contributed by atoms with Gasteiger partial charge in [-0.3, -0.25) is 4.79 Å². The molecule has 1 heterocycles. The second-order valence-corrected chi connectivity index (χ2v) is 5.04. The van der Waals surface area contributed by atoms with Crippen molar-refractivity contribution in [1.29, 1.82) is 0 Å². The second-order valence-electron chi connectivity index (χ2n) is 2.90. The predicted molar refractivity (Wildman–Crippen MR) is 69.1 cm³/mol. The van der Waals surface area contributed by atoms with Crippen molar-refractivity contribution in [2.45, 2.75) is 0 Å². The molecule has 15 heavy (non-hydrogen) atoms. The SMILES string of the molecule is Nc1ccc(I)cc1C(=O)c1nccs1. The minimum absolute atomic E-state index is 0.110. The topological polar surface area (TPSA) is 56.0 Å². The molecular weight excluding hydrogens is 323 g/mol. The van der Waals surface area contributed by atoms with Gasteiger partial charge in [0.2, 0.25) is 5.78 Å². The lowest BCUT2D eigenvalue weighted by molar-refractivity contribution is 0.103. The van der Waals surface area contributed by atoms with Gasteiger partial charge in [-0.2, -0.15) is 0 Å². The Balaban J connectivity index is 2.46. The maximum Gasteiger partial charge on any atom is 0.223 e. The van der Waals surface area contributed by atoms with Crippen LogP contribution in [0.2, 0.25) is 0 Å². The number of nitrogens with zero attached hydrogens (tertiary/aromatic N) is 1. The number of hydrogen-bond acceptors (Lipinski definition) is 4. The van der Waals surface area contributed by atoms with E-state index in [1.165, 1.54) is 11.3 Å². The van der Waals surface area contributed by atoms with Crippen LogP contribution in [0, 0.1) is 3.57 Å². The van der Waals surface area contributed by atoms with Gasteiger partial charge in [0.05, 0.1) is 0 Å². The average molecular weight is 330 g/mol. The lowest BCUT2D eigenvalue weighted by atomic mass is 10.1. The van der Waals surface area contributed by atoms with E-state index in [-0.39, 0.29) is 5.78 Å². The van der Waals surface area contributed by atoms with Crippen molar-refractivity contribution in [2.75, 3.05) is 5.73 Å². The summed E-state index contributed by atoms with van der Waals surface area (Å²) >= 11 is 3.47. The largest absolute Gasteiger partial charge is 0.398 e. The molecule has 0 fully saturated rings. The van der Waals surface area contributed by atoms with Crippen LogP contribution in [0.4, 0.5) is 5.69 Å². The Labute approximate surface area is 104 Å². The summed E-state index contributed by atoms with van der Waals surface area (Å²) in [5, 5.41) is 2.25. The first-order chi connectivity index (χ1) is 7.18. The van der Waals surface area contributed by atoms with Crippen molar-refractivity contribution >= 4 is 45.4 Å². The van der Waals surface area contributed by atoms with Crippen molar-refractivity contribution in [2.24, 2.45) is 0 Å². The van der Waals surface area contributed by atoms with Crippen LogP contribution >= 0.6 is 33.9 Å². The molecule has 2 N–H and O–H groups in total. The first-order valence-corrected chi connectivity index (χ1v) is 6.13. The lowest BCUT2D eigenvalue weighted by Gasteiger charge is -2.02. The van der Waals surface area contributed by atoms with Gasteiger partial charge in [0.1, 0.15) is 0 Å². The predicted octanol–water partition coefficient (Wildman–Crippen LogP) is 2.56. The molecule has 0 spiro atoms. The first-order valence-electron chi connectivity index (χ1n) is 4.17. The Morgan fingerprint density at radius 1 is 1.47 bits per heavy atom. The van der Waals surface area contributed by atoms with Gasteiger partial charge in [0.25, 0.3) is 0 Å². The van der Waals surface area contributed by atoms with Crippen LogP contribution in [0.3, 0.4) is 0 Å². The van der Waals surface area contributed by atoms with Gasteiger partial charge < -0.3 is 5.73 Å². The highest BCUT2D eigenvalue weighted by Gasteiger charge is 2.14. The highest BCUT2D eigenvalue weighted by atomic mass is 127. The summed E-state index contributed by atoms with van der Waals surface area (Å²) in [7, 11) is 0. The Morgan fingerprint density at radius 3 is 2.93 bits per heavy atom. The zero-order valence-electron chi connectivity index (χ0n) is 7.61. The van der Waals surface area contributed by atoms with Crippen LogP contribution in [0.15, 0.2) is 29.8 Å². The molecule has 76 valence electrons. The van der Waals surface area contributed by atoms with Gasteiger partial charge in [0.15, 0.2) is 5.01 Å². The molecule has 2 rings (SSSR count). The summed E-state index contributed by atoms with van der Waals surface area (Å²) in [6.07, 6.45) is 1.61. The van der Waals surface area contributed by atoms with E-state index in [2.05, 4.69) is 27.6 Å². The third-order valence-electron chi connectivity index (χ3n) is 1.89. The quantitative estimate of drug-likeness (QED) is 0.523. The number of nitrogens with two attached hydrogens (primary N) is 1. The summed E-state index contributed by atoms with van der Waals surface area (Å²) in [5.41, 5.74) is 6.77. The molecule has 0 saturated carbocycles. The normalized spacial score (nSPS) is 10.2. The fraction of sp³-hybridized carbons (Fsp3) is 0. The van der Waals surface area contributed by atoms with E-state index in [9.17, 15) is 4.79 Å². The van der Waals surface area contributed by atoms with Crippen LogP contribution in [0.5, 0.6) is 0 Å². The first kappa shape index (κ1) is 10.6. The molecular formula is C10H7IN2OS. The highest BCUT2D eigenvalue weighted by molar-refractivity contribution is 14.1. The van der Waals surface area contributed by atoms with Crippen molar-refractivity contribution in [3.63, 3.8) is 0 Å². The molecule has 0 amide bonds. The van der Waals surface area contributed by atoms with Gasteiger partial charge >= 0.3 is 0 Å². The number of benzene rings is 1. The number of hydrogen-bond donors (Lipinski definition) is 1. The minimum atomic E-state index is -0.110. The van der Waals surface area contributed by atoms with Gasteiger partial charge in [-0.15, -0.1) is 11.3 Å².